The number of methoxy groups -OCH3 is 2. The van der Waals surface area contributed by atoms with Crippen molar-refractivity contribution >= 4 is 34.4 Å². The third-order valence-electron chi connectivity index (χ3n) is 4.63. The number of rotatable bonds is 9. The lowest BCUT2D eigenvalue weighted by Gasteiger charge is -2.25. The van der Waals surface area contributed by atoms with Gasteiger partial charge < -0.3 is 14.4 Å². The van der Waals surface area contributed by atoms with Gasteiger partial charge >= 0.3 is 0 Å². The van der Waals surface area contributed by atoms with Crippen molar-refractivity contribution in [3.63, 3.8) is 0 Å². The topological polar surface area (TPSA) is 59.1 Å². The van der Waals surface area contributed by atoms with E-state index in [1.54, 1.807) is 20.3 Å². The Morgan fingerprint density at radius 1 is 0.964 bits per heavy atom. The maximum atomic E-state index is 13.5. The molecule has 2 heterocycles. The van der Waals surface area contributed by atoms with Crippen molar-refractivity contribution in [3.8, 4) is 0 Å². The highest BCUT2D eigenvalue weighted by molar-refractivity contribution is 7.11. The molecule has 0 saturated carbocycles. The minimum atomic E-state index is -0.310. The van der Waals surface area contributed by atoms with Gasteiger partial charge in [-0.1, -0.05) is 24.3 Å². The Morgan fingerprint density at radius 3 is 2.21 bits per heavy atom. The number of hydrogen-bond acceptors (Lipinski definition) is 6. The minimum Gasteiger partial charge on any atom is -0.383 e. The number of aryl methyl sites for hydroxylation is 1. The maximum Gasteiger partial charge on any atom is 0.282 e. The Morgan fingerprint density at radius 2 is 1.64 bits per heavy atom. The molecule has 0 aliphatic carbocycles. The predicted octanol–water partition coefficient (Wildman–Crippen LogP) is 2.94. The Hall–Kier alpha value is -2.48. The summed E-state index contributed by atoms with van der Waals surface area (Å²) in [5.41, 5.74) is 2.33. The van der Waals surface area contributed by atoms with E-state index >= 15 is 0 Å². The van der Waals surface area contributed by atoms with E-state index in [9.17, 15) is 9.59 Å². The first kappa shape index (κ1) is 20.3. The van der Waals surface area contributed by atoms with E-state index in [4.69, 9.17) is 9.47 Å². The van der Waals surface area contributed by atoms with Crippen LogP contribution < -0.4 is 4.90 Å². The first-order chi connectivity index (χ1) is 13.6. The zero-order valence-electron chi connectivity index (χ0n) is 16.3. The van der Waals surface area contributed by atoms with Crippen LogP contribution in [-0.2, 0) is 19.1 Å². The molecule has 0 bridgehead atoms. The number of ether oxygens (including phenoxy) is 2. The molecule has 28 heavy (non-hydrogen) atoms. The summed E-state index contributed by atoms with van der Waals surface area (Å²) >= 11 is 1.45. The Bertz CT molecular complexity index is 868. The number of benzene rings is 1. The number of anilines is 1. The van der Waals surface area contributed by atoms with E-state index in [1.165, 1.54) is 16.2 Å². The largest absolute Gasteiger partial charge is 0.383 e. The molecule has 3 rings (SSSR count). The number of carbonyl (C=O) groups is 2. The molecule has 1 aromatic carbocycles. The summed E-state index contributed by atoms with van der Waals surface area (Å²) in [5, 5.41) is 1.91. The number of carbonyl (C=O) groups excluding carboxylic acids is 2. The zero-order valence-corrected chi connectivity index (χ0v) is 17.1. The van der Waals surface area contributed by atoms with Gasteiger partial charge in [0.05, 0.1) is 24.5 Å². The first-order valence-electron chi connectivity index (χ1n) is 9.05. The highest BCUT2D eigenvalue weighted by Crippen LogP contribution is 2.37. The molecule has 0 fully saturated rings. The van der Waals surface area contributed by atoms with Crippen molar-refractivity contribution < 1.29 is 19.1 Å². The van der Waals surface area contributed by atoms with Crippen LogP contribution in [0, 0.1) is 6.92 Å². The first-order valence-corrected chi connectivity index (χ1v) is 9.93. The van der Waals surface area contributed by atoms with E-state index in [0.29, 0.717) is 43.3 Å². The Labute approximate surface area is 169 Å². The van der Waals surface area contributed by atoms with Crippen molar-refractivity contribution in [2.24, 2.45) is 0 Å². The zero-order chi connectivity index (χ0) is 20.1. The van der Waals surface area contributed by atoms with Gasteiger partial charge in [-0.3, -0.25) is 9.59 Å². The van der Waals surface area contributed by atoms with Crippen LogP contribution in [0.5, 0.6) is 0 Å². The normalized spacial score (nSPS) is 14.3. The van der Waals surface area contributed by atoms with Crippen molar-refractivity contribution in [1.29, 1.82) is 0 Å². The van der Waals surface area contributed by atoms with E-state index < -0.39 is 0 Å². The smallest absolute Gasteiger partial charge is 0.282 e. The SMILES string of the molecule is COCCN(CCOC)C1=C(c2cccs2)C(=O)N(c2ccccc2C)C1=O. The quantitative estimate of drug-likeness (QED) is 0.606. The van der Waals surface area contributed by atoms with Gasteiger partial charge in [-0.25, -0.2) is 4.90 Å². The maximum absolute atomic E-state index is 13.5. The molecular formula is C21H24N2O4S. The molecule has 1 aliphatic rings. The molecule has 2 aromatic rings. The van der Waals surface area contributed by atoms with E-state index in [1.807, 2.05) is 47.5 Å². The lowest BCUT2D eigenvalue weighted by Crippen LogP contribution is -2.38. The molecule has 0 atom stereocenters. The van der Waals surface area contributed by atoms with E-state index in [-0.39, 0.29) is 11.8 Å². The molecule has 1 aromatic heterocycles. The van der Waals surface area contributed by atoms with Crippen LogP contribution >= 0.6 is 11.3 Å². The highest BCUT2D eigenvalue weighted by Gasteiger charge is 2.43. The van der Waals surface area contributed by atoms with Crippen LogP contribution in [0.25, 0.3) is 5.57 Å². The second-order valence-electron chi connectivity index (χ2n) is 6.41. The monoisotopic (exact) mass is 400 g/mol. The van der Waals surface area contributed by atoms with Crippen LogP contribution in [0.4, 0.5) is 5.69 Å². The number of para-hydroxylation sites is 1. The van der Waals surface area contributed by atoms with Gasteiger partial charge in [0.15, 0.2) is 0 Å². The van der Waals surface area contributed by atoms with E-state index in [2.05, 4.69) is 0 Å². The molecule has 6 nitrogen and oxygen atoms in total. The van der Waals surface area contributed by atoms with Crippen molar-refractivity contribution in [3.05, 3.63) is 57.9 Å². The van der Waals surface area contributed by atoms with Gasteiger partial charge in [0.2, 0.25) is 0 Å². The van der Waals surface area contributed by atoms with Crippen molar-refractivity contribution in [1.82, 2.24) is 4.90 Å². The molecular weight excluding hydrogens is 376 g/mol. The van der Waals surface area contributed by atoms with Gasteiger partial charge in [0.1, 0.15) is 5.70 Å². The molecule has 2 amide bonds. The predicted molar refractivity (Wildman–Crippen MR) is 110 cm³/mol. The lowest BCUT2D eigenvalue weighted by atomic mass is 10.1. The standard InChI is InChI=1S/C21H24N2O4S/c1-15-7-4-5-8-16(15)23-20(24)18(17-9-6-14-28-17)19(21(23)25)22(10-12-26-2)11-13-27-3/h4-9,14H,10-13H2,1-3H3. The molecule has 0 N–H and O–H groups in total. The molecule has 148 valence electrons. The van der Waals surface area contributed by atoms with Crippen molar-refractivity contribution in [2.75, 3.05) is 45.4 Å². The number of imide groups is 1. The highest BCUT2D eigenvalue weighted by atomic mass is 32.1. The summed E-state index contributed by atoms with van der Waals surface area (Å²) in [7, 11) is 3.23. The summed E-state index contributed by atoms with van der Waals surface area (Å²) in [6.45, 7) is 3.76. The van der Waals surface area contributed by atoms with Crippen LogP contribution in [0.2, 0.25) is 0 Å². The molecule has 0 radical (unpaired) electrons. The third-order valence-corrected chi connectivity index (χ3v) is 5.52. The fourth-order valence-electron chi connectivity index (χ4n) is 3.23. The average molecular weight is 401 g/mol. The molecule has 0 saturated heterocycles. The van der Waals surface area contributed by atoms with Gasteiger partial charge in [-0.15, -0.1) is 11.3 Å². The number of nitrogens with zero attached hydrogens (tertiary/aromatic N) is 2. The van der Waals surface area contributed by atoms with Crippen LogP contribution in [0.15, 0.2) is 47.5 Å². The summed E-state index contributed by atoms with van der Waals surface area (Å²) in [6.07, 6.45) is 0. The summed E-state index contributed by atoms with van der Waals surface area (Å²) < 4.78 is 10.4. The van der Waals surface area contributed by atoms with Crippen LogP contribution in [-0.4, -0.2) is 57.2 Å². The number of amides is 2. The molecule has 7 heteroatoms. The van der Waals surface area contributed by atoms with Gasteiger partial charge in [-0.2, -0.15) is 0 Å². The minimum absolute atomic E-state index is 0.295. The summed E-state index contributed by atoms with van der Waals surface area (Å²) in [6, 6.07) is 11.2. The fraction of sp³-hybridized carbons (Fsp3) is 0.333. The molecule has 0 unspecified atom stereocenters. The molecule has 0 spiro atoms. The molecule has 1 aliphatic heterocycles. The Kier molecular flexibility index (Phi) is 6.61. The van der Waals surface area contributed by atoms with Crippen LogP contribution in [0.3, 0.4) is 0 Å². The second-order valence-corrected chi connectivity index (χ2v) is 7.35. The average Bonchev–Trinajstić information content (AvgIpc) is 3.29. The Balaban J connectivity index is 2.09. The number of hydrogen-bond donors (Lipinski definition) is 0. The van der Waals surface area contributed by atoms with Crippen molar-refractivity contribution in [2.45, 2.75) is 6.92 Å². The van der Waals surface area contributed by atoms with E-state index in [0.717, 1.165) is 10.4 Å². The second kappa shape index (κ2) is 9.14. The van der Waals surface area contributed by atoms with Crippen LogP contribution in [0.1, 0.15) is 10.4 Å². The third kappa shape index (κ3) is 3.87. The fourth-order valence-corrected chi connectivity index (χ4v) is 3.99. The number of thiophene rings is 1. The van der Waals surface area contributed by atoms with Gasteiger partial charge in [0.25, 0.3) is 11.8 Å². The lowest BCUT2D eigenvalue weighted by molar-refractivity contribution is -0.120. The summed E-state index contributed by atoms with van der Waals surface area (Å²) in [4.78, 5) is 30.8. The van der Waals surface area contributed by atoms with Gasteiger partial charge in [-0.05, 0) is 30.0 Å². The summed E-state index contributed by atoms with van der Waals surface area (Å²) in [5.74, 6) is -0.605. The van der Waals surface area contributed by atoms with Gasteiger partial charge in [0, 0.05) is 32.2 Å².